The van der Waals surface area contributed by atoms with Crippen LogP contribution >= 0.6 is 0 Å². The number of amides is 1. The molecule has 0 radical (unpaired) electrons. The van der Waals surface area contributed by atoms with Crippen LogP contribution < -0.4 is 4.72 Å². The first-order chi connectivity index (χ1) is 15.5. The van der Waals surface area contributed by atoms with E-state index in [1.807, 2.05) is 0 Å². The van der Waals surface area contributed by atoms with Crippen molar-refractivity contribution in [3.05, 3.63) is 0 Å². The molecule has 0 aromatic rings. The highest BCUT2D eigenvalue weighted by Crippen LogP contribution is 2.54. The number of carbonyl (C=O) groups is 1. The first-order valence-corrected chi connectivity index (χ1v) is 10.3. The molecule has 0 aliphatic carbocycles. The van der Waals surface area contributed by atoms with Crippen LogP contribution in [-0.4, -0.2) is 80.2 Å². The maximum atomic E-state index is 13.2. The van der Waals surface area contributed by atoms with Gasteiger partial charge in [-0.1, -0.05) is 20.8 Å². The van der Waals surface area contributed by atoms with E-state index in [1.54, 1.807) is 0 Å². The standard InChI is InChI=1S/C8HF16NO3S.C6H15N/c9-2(10,3(11,12)4(13,14)6(16,17)18)1(26)25-29(27,28)5(15,7(19,20)21)8(22,23)24;1-4-7(5-2)6-3/h(H,25,26);4-6H2,1-3H3. The van der Waals surface area contributed by atoms with Crippen molar-refractivity contribution in [1.82, 2.24) is 9.62 Å². The van der Waals surface area contributed by atoms with Crippen molar-refractivity contribution < 1.29 is 83.5 Å². The largest absolute Gasteiger partial charge is 0.460 e. The Morgan fingerprint density at radius 1 is 0.611 bits per heavy atom. The average molecular weight is 596 g/mol. The summed E-state index contributed by atoms with van der Waals surface area (Å²) in [5.41, 5.74) is 0. The predicted molar refractivity (Wildman–Crippen MR) is 87.4 cm³/mol. The molecule has 1 N–H and O–H groups in total. The van der Waals surface area contributed by atoms with Crippen LogP contribution in [0.2, 0.25) is 0 Å². The van der Waals surface area contributed by atoms with Gasteiger partial charge < -0.3 is 4.90 Å². The number of nitrogens with one attached hydrogen (secondary N) is 1. The highest BCUT2D eigenvalue weighted by atomic mass is 32.2. The number of hydrogen-bond donors (Lipinski definition) is 1. The van der Waals surface area contributed by atoms with E-state index in [1.165, 1.54) is 19.6 Å². The summed E-state index contributed by atoms with van der Waals surface area (Å²) in [5.74, 6) is -28.2. The lowest BCUT2D eigenvalue weighted by Crippen LogP contribution is -2.68. The van der Waals surface area contributed by atoms with Crippen molar-refractivity contribution in [2.24, 2.45) is 0 Å². The predicted octanol–water partition coefficient (Wildman–Crippen LogP) is 5.04. The van der Waals surface area contributed by atoms with Gasteiger partial charge in [0.1, 0.15) is 0 Å². The Hall–Kier alpha value is -1.74. The Balaban J connectivity index is 0. The Labute approximate surface area is 191 Å². The van der Waals surface area contributed by atoms with Crippen molar-refractivity contribution in [2.75, 3.05) is 19.6 Å². The lowest BCUT2D eigenvalue weighted by Gasteiger charge is -2.33. The Kier molecular flexibility index (Phi) is 11.1. The van der Waals surface area contributed by atoms with Gasteiger partial charge in [0.25, 0.3) is 10.0 Å². The van der Waals surface area contributed by atoms with E-state index in [9.17, 15) is 83.5 Å². The molecule has 0 saturated heterocycles. The second-order valence-corrected chi connectivity index (χ2v) is 8.14. The third-order valence-corrected chi connectivity index (χ3v) is 5.76. The van der Waals surface area contributed by atoms with Gasteiger partial charge >= 0.3 is 47.2 Å². The summed E-state index contributed by atoms with van der Waals surface area (Å²) in [6.07, 6.45) is -22.8. The van der Waals surface area contributed by atoms with Crippen LogP contribution in [0.15, 0.2) is 0 Å². The molecule has 0 atom stereocenters. The van der Waals surface area contributed by atoms with Gasteiger partial charge in [0.15, 0.2) is 0 Å². The average Bonchev–Trinajstić information content (AvgIpc) is 2.65. The molecule has 0 aliphatic heterocycles. The van der Waals surface area contributed by atoms with Crippen LogP contribution in [0.3, 0.4) is 0 Å². The van der Waals surface area contributed by atoms with Crippen molar-refractivity contribution in [3.8, 4) is 0 Å². The number of nitrogens with zero attached hydrogens (tertiary/aromatic N) is 1. The zero-order valence-corrected chi connectivity index (χ0v) is 18.6. The van der Waals surface area contributed by atoms with Gasteiger partial charge in [-0.15, -0.1) is 0 Å². The monoisotopic (exact) mass is 596 g/mol. The molecule has 0 aliphatic rings. The minimum Gasteiger partial charge on any atom is -0.304 e. The first kappa shape index (κ1) is 36.4. The highest BCUT2D eigenvalue weighted by Gasteiger charge is 2.85. The molecule has 0 rings (SSSR count). The molecule has 36 heavy (non-hydrogen) atoms. The molecular weight excluding hydrogens is 580 g/mol. The summed E-state index contributed by atoms with van der Waals surface area (Å²) in [6.45, 7) is 10.1. The molecule has 22 heteroatoms. The topological polar surface area (TPSA) is 66.5 Å². The van der Waals surface area contributed by atoms with E-state index in [-0.39, 0.29) is 0 Å². The van der Waals surface area contributed by atoms with Gasteiger partial charge in [0.05, 0.1) is 0 Å². The smallest absolute Gasteiger partial charge is 0.304 e. The molecule has 0 bridgehead atoms. The minimum atomic E-state index is -8.22. The lowest BCUT2D eigenvalue weighted by molar-refractivity contribution is -0.388. The number of hydrogen-bond acceptors (Lipinski definition) is 4. The molecule has 1 amide bonds. The van der Waals surface area contributed by atoms with Crippen LogP contribution in [-0.2, 0) is 14.8 Å². The molecule has 0 unspecified atom stereocenters. The Morgan fingerprint density at radius 3 is 1.11 bits per heavy atom. The van der Waals surface area contributed by atoms with E-state index in [0.29, 0.717) is 0 Å². The van der Waals surface area contributed by atoms with E-state index in [4.69, 9.17) is 0 Å². The van der Waals surface area contributed by atoms with E-state index < -0.39 is 61.9 Å². The van der Waals surface area contributed by atoms with Crippen LogP contribution in [0, 0.1) is 0 Å². The molecule has 0 heterocycles. The fourth-order valence-corrected chi connectivity index (χ4v) is 3.03. The van der Waals surface area contributed by atoms with E-state index in [2.05, 4.69) is 25.7 Å². The zero-order chi connectivity index (χ0) is 30.0. The quantitative estimate of drug-likeness (QED) is 0.399. The van der Waals surface area contributed by atoms with Gasteiger partial charge in [0.2, 0.25) is 0 Å². The van der Waals surface area contributed by atoms with Crippen molar-refractivity contribution in [3.63, 3.8) is 0 Å². The fraction of sp³-hybridized carbons (Fsp3) is 0.929. The van der Waals surface area contributed by atoms with Gasteiger partial charge in [-0.25, -0.2) is 17.5 Å². The van der Waals surface area contributed by atoms with Crippen LogP contribution in [0.5, 0.6) is 0 Å². The van der Waals surface area contributed by atoms with E-state index in [0.717, 1.165) is 0 Å². The summed E-state index contributed by atoms with van der Waals surface area (Å²) in [5, 5.41) is -7.64. The number of halogens is 16. The Morgan fingerprint density at radius 2 is 0.917 bits per heavy atom. The normalized spacial score (nSPS) is 14.9. The van der Waals surface area contributed by atoms with Gasteiger partial charge in [-0.05, 0) is 19.6 Å². The SMILES string of the molecule is CCN(CC)CC.O=C(NS(=O)(=O)C(F)(C(F)(F)F)C(F)(F)F)C(F)(F)C(F)(F)C(F)(F)C(F)(F)F. The third kappa shape index (κ3) is 6.57. The van der Waals surface area contributed by atoms with E-state index >= 15 is 0 Å². The van der Waals surface area contributed by atoms with Crippen molar-refractivity contribution in [1.29, 1.82) is 0 Å². The van der Waals surface area contributed by atoms with Crippen LogP contribution in [0.4, 0.5) is 70.2 Å². The number of carbonyl (C=O) groups excluding carboxylic acids is 1. The van der Waals surface area contributed by atoms with Crippen molar-refractivity contribution >= 4 is 15.9 Å². The zero-order valence-electron chi connectivity index (χ0n) is 17.7. The molecule has 0 aromatic heterocycles. The summed E-state index contributed by atoms with van der Waals surface area (Å²) < 4.78 is 219. The molecular formula is C14H16F16N2O3S. The maximum absolute atomic E-state index is 13.2. The molecule has 0 aromatic carbocycles. The molecule has 5 nitrogen and oxygen atoms in total. The maximum Gasteiger partial charge on any atom is 0.460 e. The van der Waals surface area contributed by atoms with Gasteiger partial charge in [-0.2, -0.15) is 65.9 Å². The summed E-state index contributed by atoms with van der Waals surface area (Å²) >= 11 is 0. The molecule has 0 spiro atoms. The van der Waals surface area contributed by atoms with Crippen LogP contribution in [0.1, 0.15) is 20.8 Å². The summed E-state index contributed by atoms with van der Waals surface area (Å²) in [4.78, 5) is 13.1. The number of rotatable bonds is 8. The Bertz CT molecular complexity index is 824. The minimum absolute atomic E-state index is 1.19. The second-order valence-electron chi connectivity index (χ2n) is 6.37. The van der Waals surface area contributed by atoms with Gasteiger partial charge in [-0.3, -0.25) is 4.79 Å². The summed E-state index contributed by atoms with van der Waals surface area (Å²) in [6, 6.07) is 0. The highest BCUT2D eigenvalue weighted by molar-refractivity contribution is 7.91. The lowest BCUT2D eigenvalue weighted by atomic mass is 10.0. The summed E-state index contributed by atoms with van der Waals surface area (Å²) in [7, 11) is -8.22. The third-order valence-electron chi connectivity index (χ3n) is 4.10. The molecule has 0 fully saturated rings. The van der Waals surface area contributed by atoms with Gasteiger partial charge in [0, 0.05) is 0 Å². The van der Waals surface area contributed by atoms with Crippen molar-refractivity contribution in [2.45, 2.75) is 62.1 Å². The van der Waals surface area contributed by atoms with Crippen LogP contribution in [0.25, 0.3) is 0 Å². The second kappa shape index (κ2) is 10.9. The molecule has 0 saturated carbocycles. The fourth-order valence-electron chi connectivity index (χ4n) is 1.91. The number of alkyl halides is 16. The number of sulfonamides is 1. The molecule has 218 valence electrons. The first-order valence-electron chi connectivity index (χ1n) is 8.79.